The summed E-state index contributed by atoms with van der Waals surface area (Å²) in [6.07, 6.45) is 0. The normalized spacial score (nSPS) is 14.3. The van der Waals surface area contributed by atoms with E-state index >= 15 is 0 Å². The van der Waals surface area contributed by atoms with Gasteiger partial charge in [-0.3, -0.25) is 0 Å². The van der Waals surface area contributed by atoms with E-state index in [4.69, 9.17) is 10.5 Å². The van der Waals surface area contributed by atoms with E-state index in [1.165, 1.54) is 19.2 Å². The van der Waals surface area contributed by atoms with Crippen LogP contribution in [0.4, 0.5) is 0 Å². The highest BCUT2D eigenvalue weighted by Crippen LogP contribution is 2.18. The van der Waals surface area contributed by atoms with Crippen LogP contribution in [0.5, 0.6) is 5.75 Å². The Labute approximate surface area is 108 Å². The zero-order chi connectivity index (χ0) is 14.0. The lowest BCUT2D eigenvalue weighted by molar-refractivity contribution is 0.387. The molecule has 0 saturated heterocycles. The van der Waals surface area contributed by atoms with Crippen molar-refractivity contribution in [2.24, 2.45) is 5.73 Å². The fraction of sp³-hybridized carbons (Fsp3) is 0.500. The van der Waals surface area contributed by atoms with Crippen LogP contribution < -0.4 is 15.2 Å². The molecule has 1 unspecified atom stereocenters. The van der Waals surface area contributed by atoms with Crippen LogP contribution in [0.1, 0.15) is 20.8 Å². The molecule has 1 rings (SSSR count). The first-order chi connectivity index (χ1) is 8.19. The van der Waals surface area contributed by atoms with Gasteiger partial charge in [-0.1, -0.05) is 0 Å². The fourth-order valence-electron chi connectivity index (χ4n) is 1.25. The van der Waals surface area contributed by atoms with Crippen LogP contribution in [0.3, 0.4) is 0 Å². The largest absolute Gasteiger partial charge is 0.497 e. The molecule has 0 radical (unpaired) electrons. The molecule has 5 nitrogen and oxygen atoms in total. The molecule has 1 aromatic carbocycles. The standard InChI is InChI=1S/C12H20N2O3S/c1-9(13)12(2,3)14-18(15,16)11-7-5-10(17-4)6-8-11/h5-9,14H,13H2,1-4H3. The quantitative estimate of drug-likeness (QED) is 0.841. The van der Waals surface area contributed by atoms with Gasteiger partial charge in [-0.2, -0.15) is 0 Å². The van der Waals surface area contributed by atoms with Crippen LogP contribution in [0.25, 0.3) is 0 Å². The molecule has 0 bridgehead atoms. The molecule has 0 aromatic heterocycles. The third kappa shape index (κ3) is 3.44. The summed E-state index contributed by atoms with van der Waals surface area (Å²) in [7, 11) is -2.04. The van der Waals surface area contributed by atoms with Crippen LogP contribution in [0.15, 0.2) is 29.2 Å². The molecule has 0 amide bonds. The van der Waals surface area contributed by atoms with Gasteiger partial charge < -0.3 is 10.5 Å². The summed E-state index contributed by atoms with van der Waals surface area (Å²) in [6, 6.07) is 5.91. The van der Waals surface area contributed by atoms with Crippen molar-refractivity contribution in [3.8, 4) is 5.75 Å². The number of nitrogens with two attached hydrogens (primary N) is 1. The molecule has 0 saturated carbocycles. The SMILES string of the molecule is COc1ccc(S(=O)(=O)NC(C)(C)C(C)N)cc1. The number of hydrogen-bond acceptors (Lipinski definition) is 4. The van der Waals surface area contributed by atoms with Crippen molar-refractivity contribution in [2.45, 2.75) is 37.2 Å². The fourth-order valence-corrected chi connectivity index (χ4v) is 2.74. The van der Waals surface area contributed by atoms with Crippen molar-refractivity contribution in [3.63, 3.8) is 0 Å². The minimum absolute atomic E-state index is 0.192. The molecule has 102 valence electrons. The van der Waals surface area contributed by atoms with Crippen molar-refractivity contribution in [1.82, 2.24) is 4.72 Å². The zero-order valence-electron chi connectivity index (χ0n) is 11.1. The maximum Gasteiger partial charge on any atom is 0.241 e. The molecule has 6 heteroatoms. The highest BCUT2D eigenvalue weighted by molar-refractivity contribution is 7.89. The third-order valence-corrected chi connectivity index (χ3v) is 4.59. The van der Waals surface area contributed by atoms with Gasteiger partial charge in [-0.15, -0.1) is 0 Å². The van der Waals surface area contributed by atoms with Crippen LogP contribution >= 0.6 is 0 Å². The maximum atomic E-state index is 12.1. The Bertz CT molecular complexity index is 493. The van der Waals surface area contributed by atoms with Gasteiger partial charge >= 0.3 is 0 Å². The summed E-state index contributed by atoms with van der Waals surface area (Å²) < 4.78 is 31.9. The second-order valence-electron chi connectivity index (χ2n) is 4.79. The lowest BCUT2D eigenvalue weighted by Crippen LogP contribution is -2.54. The van der Waals surface area contributed by atoms with Crippen molar-refractivity contribution >= 4 is 10.0 Å². The van der Waals surface area contributed by atoms with Gasteiger partial charge in [0.25, 0.3) is 0 Å². The number of benzene rings is 1. The number of methoxy groups -OCH3 is 1. The molecule has 0 heterocycles. The molecule has 3 N–H and O–H groups in total. The highest BCUT2D eigenvalue weighted by Gasteiger charge is 2.29. The van der Waals surface area contributed by atoms with E-state index in [1.807, 2.05) is 0 Å². The maximum absolute atomic E-state index is 12.1. The Morgan fingerprint density at radius 3 is 2.17 bits per heavy atom. The first kappa shape index (κ1) is 14.9. The van der Waals surface area contributed by atoms with Crippen LogP contribution in [0.2, 0.25) is 0 Å². The number of rotatable bonds is 5. The molecule has 0 spiro atoms. The summed E-state index contributed by atoms with van der Waals surface area (Å²) in [5, 5.41) is 0. The van der Waals surface area contributed by atoms with E-state index < -0.39 is 15.6 Å². The second-order valence-corrected chi connectivity index (χ2v) is 6.47. The average Bonchev–Trinajstić information content (AvgIpc) is 2.27. The summed E-state index contributed by atoms with van der Waals surface area (Å²) in [6.45, 7) is 5.26. The Morgan fingerprint density at radius 2 is 1.78 bits per heavy atom. The number of ether oxygens (including phenoxy) is 1. The molecule has 0 fully saturated rings. The molecule has 1 atom stereocenters. The van der Waals surface area contributed by atoms with Gasteiger partial charge in [0.2, 0.25) is 10.0 Å². The summed E-state index contributed by atoms with van der Waals surface area (Å²) in [4.78, 5) is 0.192. The van der Waals surface area contributed by atoms with E-state index in [0.717, 1.165) is 0 Å². The number of sulfonamides is 1. The van der Waals surface area contributed by atoms with Crippen LogP contribution in [0, 0.1) is 0 Å². The Morgan fingerprint density at radius 1 is 1.28 bits per heavy atom. The van der Waals surface area contributed by atoms with Crippen molar-refractivity contribution in [1.29, 1.82) is 0 Å². The first-order valence-electron chi connectivity index (χ1n) is 5.62. The average molecular weight is 272 g/mol. The summed E-state index contributed by atoms with van der Waals surface area (Å²) in [5.41, 5.74) is 5.04. The van der Waals surface area contributed by atoms with E-state index in [1.54, 1.807) is 32.9 Å². The monoisotopic (exact) mass is 272 g/mol. The minimum Gasteiger partial charge on any atom is -0.497 e. The summed E-state index contributed by atoms with van der Waals surface area (Å²) in [5.74, 6) is 0.611. The van der Waals surface area contributed by atoms with Gasteiger partial charge in [0.05, 0.1) is 12.0 Å². The van der Waals surface area contributed by atoms with Crippen molar-refractivity contribution < 1.29 is 13.2 Å². The van der Waals surface area contributed by atoms with Crippen LogP contribution in [-0.2, 0) is 10.0 Å². The van der Waals surface area contributed by atoms with Crippen molar-refractivity contribution in [2.75, 3.05) is 7.11 Å². The molecule has 18 heavy (non-hydrogen) atoms. The lowest BCUT2D eigenvalue weighted by atomic mass is 9.99. The predicted molar refractivity (Wildman–Crippen MR) is 71.0 cm³/mol. The number of hydrogen-bond donors (Lipinski definition) is 2. The van der Waals surface area contributed by atoms with Crippen LogP contribution in [-0.4, -0.2) is 27.1 Å². The summed E-state index contributed by atoms with van der Waals surface area (Å²) >= 11 is 0. The molecule has 1 aromatic rings. The smallest absolute Gasteiger partial charge is 0.241 e. The molecule has 0 aliphatic heterocycles. The first-order valence-corrected chi connectivity index (χ1v) is 7.11. The molecule has 0 aliphatic rings. The third-order valence-electron chi connectivity index (χ3n) is 2.91. The van der Waals surface area contributed by atoms with Gasteiger partial charge in [-0.05, 0) is 45.0 Å². The predicted octanol–water partition coefficient (Wildman–Crippen LogP) is 1.10. The van der Waals surface area contributed by atoms with Gasteiger partial charge in [-0.25, -0.2) is 13.1 Å². The van der Waals surface area contributed by atoms with Gasteiger partial charge in [0, 0.05) is 11.6 Å². The second kappa shape index (κ2) is 5.26. The van der Waals surface area contributed by atoms with Gasteiger partial charge in [0.1, 0.15) is 5.75 Å². The Balaban J connectivity index is 2.99. The topological polar surface area (TPSA) is 81.4 Å². The molecule has 0 aliphatic carbocycles. The number of nitrogens with one attached hydrogen (secondary N) is 1. The Hall–Kier alpha value is -1.11. The molecular formula is C12H20N2O3S. The van der Waals surface area contributed by atoms with E-state index in [-0.39, 0.29) is 10.9 Å². The minimum atomic E-state index is -3.57. The van der Waals surface area contributed by atoms with E-state index in [0.29, 0.717) is 5.75 Å². The van der Waals surface area contributed by atoms with Crippen molar-refractivity contribution in [3.05, 3.63) is 24.3 Å². The van der Waals surface area contributed by atoms with E-state index in [9.17, 15) is 8.42 Å². The highest BCUT2D eigenvalue weighted by atomic mass is 32.2. The Kier molecular flexibility index (Phi) is 4.37. The zero-order valence-corrected chi connectivity index (χ0v) is 11.9. The van der Waals surface area contributed by atoms with E-state index in [2.05, 4.69) is 4.72 Å². The lowest BCUT2D eigenvalue weighted by Gasteiger charge is -2.29. The van der Waals surface area contributed by atoms with Gasteiger partial charge in [0.15, 0.2) is 0 Å². The molecular weight excluding hydrogens is 252 g/mol.